The Balaban J connectivity index is 2.64. The highest BCUT2D eigenvalue weighted by molar-refractivity contribution is 5.70. The van der Waals surface area contributed by atoms with Gasteiger partial charge >= 0.3 is 5.96 Å². The van der Waals surface area contributed by atoms with Crippen LogP contribution in [0.15, 0.2) is 0 Å². The van der Waals surface area contributed by atoms with Gasteiger partial charge in [-0.1, -0.05) is 0 Å². The van der Waals surface area contributed by atoms with Crippen LogP contribution in [0.4, 0.5) is 0 Å². The Hall–Kier alpha value is -0.770. The molecule has 1 fully saturated rings. The third-order valence-corrected chi connectivity index (χ3v) is 1.78. The SMILES string of the molecule is C[C@H]1C[N+](=C(N)N)C[C@H](C)O1. The van der Waals surface area contributed by atoms with Crippen LogP contribution in [-0.2, 0) is 4.74 Å². The Morgan fingerprint density at radius 1 is 1.27 bits per heavy atom. The Morgan fingerprint density at radius 3 is 2.09 bits per heavy atom. The van der Waals surface area contributed by atoms with Crippen LogP contribution in [0.5, 0.6) is 0 Å². The molecule has 0 saturated carbocycles. The van der Waals surface area contributed by atoms with E-state index in [4.69, 9.17) is 16.2 Å². The Bertz CT molecular complexity index is 163. The van der Waals surface area contributed by atoms with Crippen molar-refractivity contribution in [2.45, 2.75) is 26.1 Å². The second-order valence-electron chi connectivity index (χ2n) is 3.09. The summed E-state index contributed by atoms with van der Waals surface area (Å²) < 4.78 is 7.44. The fourth-order valence-electron chi connectivity index (χ4n) is 1.39. The fourth-order valence-corrected chi connectivity index (χ4v) is 1.39. The summed E-state index contributed by atoms with van der Waals surface area (Å²) in [5.41, 5.74) is 10.9. The first kappa shape index (κ1) is 8.33. The maximum absolute atomic E-state index is 5.50. The summed E-state index contributed by atoms with van der Waals surface area (Å²) in [7, 11) is 0. The average molecular weight is 158 g/mol. The Morgan fingerprint density at radius 2 is 1.73 bits per heavy atom. The van der Waals surface area contributed by atoms with E-state index in [1.54, 1.807) is 0 Å². The molecule has 0 radical (unpaired) electrons. The van der Waals surface area contributed by atoms with E-state index in [0.717, 1.165) is 13.1 Å². The van der Waals surface area contributed by atoms with Gasteiger partial charge in [0.25, 0.3) is 0 Å². The van der Waals surface area contributed by atoms with Crippen molar-refractivity contribution < 1.29 is 9.31 Å². The van der Waals surface area contributed by atoms with Gasteiger partial charge in [0.1, 0.15) is 0 Å². The van der Waals surface area contributed by atoms with Gasteiger partial charge < -0.3 is 4.74 Å². The second kappa shape index (κ2) is 3.09. The van der Waals surface area contributed by atoms with Crippen LogP contribution in [0.1, 0.15) is 13.8 Å². The summed E-state index contributed by atoms with van der Waals surface area (Å²) in [5, 5.41) is 0. The first-order chi connectivity index (χ1) is 5.09. The number of ether oxygens (including phenoxy) is 1. The predicted octanol–water partition coefficient (Wildman–Crippen LogP) is -0.920. The van der Waals surface area contributed by atoms with E-state index < -0.39 is 0 Å². The van der Waals surface area contributed by atoms with Crippen LogP contribution in [0.2, 0.25) is 0 Å². The molecule has 1 aliphatic rings. The second-order valence-corrected chi connectivity index (χ2v) is 3.09. The van der Waals surface area contributed by atoms with Gasteiger partial charge in [0.15, 0.2) is 0 Å². The van der Waals surface area contributed by atoms with Gasteiger partial charge in [-0.05, 0) is 13.8 Å². The van der Waals surface area contributed by atoms with Gasteiger partial charge in [0.2, 0.25) is 0 Å². The summed E-state index contributed by atoms with van der Waals surface area (Å²) in [4.78, 5) is 0. The molecular formula is C7H16N3O+. The molecule has 0 spiro atoms. The van der Waals surface area contributed by atoms with Crippen molar-refractivity contribution >= 4 is 5.96 Å². The zero-order valence-corrected chi connectivity index (χ0v) is 7.08. The number of guanidine groups is 1. The first-order valence-corrected chi connectivity index (χ1v) is 3.88. The highest BCUT2D eigenvalue weighted by Crippen LogP contribution is 2.05. The molecule has 0 aromatic rings. The molecule has 0 aliphatic carbocycles. The minimum absolute atomic E-state index is 0.223. The molecule has 1 aliphatic heterocycles. The fraction of sp³-hybridized carbons (Fsp3) is 0.857. The van der Waals surface area contributed by atoms with Crippen molar-refractivity contribution in [1.29, 1.82) is 0 Å². The van der Waals surface area contributed by atoms with Crippen molar-refractivity contribution in [3.8, 4) is 0 Å². The number of nitrogens with zero attached hydrogens (tertiary/aromatic N) is 1. The summed E-state index contributed by atoms with van der Waals surface area (Å²) in [6.45, 7) is 5.64. The van der Waals surface area contributed by atoms with Crippen LogP contribution in [-0.4, -0.2) is 35.8 Å². The zero-order valence-electron chi connectivity index (χ0n) is 7.08. The Labute approximate surface area is 66.8 Å². The molecular weight excluding hydrogens is 142 g/mol. The molecule has 0 amide bonds. The van der Waals surface area contributed by atoms with Crippen molar-refractivity contribution in [3.63, 3.8) is 0 Å². The quantitative estimate of drug-likeness (QED) is 0.354. The molecule has 11 heavy (non-hydrogen) atoms. The number of nitrogens with two attached hydrogens (primary N) is 2. The van der Waals surface area contributed by atoms with E-state index >= 15 is 0 Å². The number of morpholine rings is 1. The van der Waals surface area contributed by atoms with E-state index in [-0.39, 0.29) is 12.2 Å². The lowest BCUT2D eigenvalue weighted by Crippen LogP contribution is -2.47. The van der Waals surface area contributed by atoms with E-state index in [1.807, 2.05) is 18.4 Å². The third-order valence-electron chi connectivity index (χ3n) is 1.78. The highest BCUT2D eigenvalue weighted by atomic mass is 16.5. The molecule has 2 atom stereocenters. The molecule has 0 aromatic heterocycles. The largest absolute Gasteiger partial charge is 0.369 e. The van der Waals surface area contributed by atoms with Gasteiger partial charge in [-0.15, -0.1) is 0 Å². The third kappa shape index (κ3) is 2.08. The molecule has 4 heteroatoms. The maximum Gasteiger partial charge on any atom is 0.341 e. The molecule has 0 aromatic carbocycles. The summed E-state index contributed by atoms with van der Waals surface area (Å²) >= 11 is 0. The van der Waals surface area contributed by atoms with Crippen LogP contribution in [0, 0.1) is 0 Å². The smallest absolute Gasteiger partial charge is 0.341 e. The van der Waals surface area contributed by atoms with Crippen molar-refractivity contribution in [3.05, 3.63) is 0 Å². The molecule has 1 heterocycles. The molecule has 4 nitrogen and oxygen atoms in total. The van der Waals surface area contributed by atoms with E-state index in [2.05, 4.69) is 0 Å². The van der Waals surface area contributed by atoms with Gasteiger partial charge in [-0.3, -0.25) is 16.0 Å². The Kier molecular flexibility index (Phi) is 2.34. The van der Waals surface area contributed by atoms with Crippen LogP contribution >= 0.6 is 0 Å². The zero-order chi connectivity index (χ0) is 8.43. The first-order valence-electron chi connectivity index (χ1n) is 3.88. The topological polar surface area (TPSA) is 64.3 Å². The van der Waals surface area contributed by atoms with Gasteiger partial charge in [0.05, 0.1) is 25.3 Å². The van der Waals surface area contributed by atoms with Gasteiger partial charge in [-0.2, -0.15) is 0 Å². The van der Waals surface area contributed by atoms with Crippen LogP contribution in [0.25, 0.3) is 0 Å². The van der Waals surface area contributed by atoms with Crippen LogP contribution < -0.4 is 11.5 Å². The lowest BCUT2D eigenvalue weighted by Gasteiger charge is -2.26. The lowest BCUT2D eigenvalue weighted by molar-refractivity contribution is -0.568. The normalized spacial score (nSPS) is 32.0. The summed E-state index contributed by atoms with van der Waals surface area (Å²) in [5.74, 6) is 0.395. The number of hydrogen-bond donors (Lipinski definition) is 2. The molecule has 64 valence electrons. The van der Waals surface area contributed by atoms with E-state index in [1.165, 1.54) is 0 Å². The lowest BCUT2D eigenvalue weighted by atomic mass is 10.2. The number of hydrogen-bond acceptors (Lipinski definition) is 1. The van der Waals surface area contributed by atoms with E-state index in [9.17, 15) is 0 Å². The minimum atomic E-state index is 0.223. The standard InChI is InChI=1S/C7H15N3O/c1-5-3-10(7(8)9)4-6(2)11-5/h5-6H,3-4H2,1-2H3,(H3,8,9)/p+1/t5-,6-/m0/s1. The average Bonchev–Trinajstić information content (AvgIpc) is 1.85. The summed E-state index contributed by atoms with van der Waals surface area (Å²) in [6, 6.07) is 0. The molecule has 4 N–H and O–H groups in total. The number of rotatable bonds is 0. The molecule has 0 bridgehead atoms. The van der Waals surface area contributed by atoms with Crippen LogP contribution in [0.3, 0.4) is 0 Å². The van der Waals surface area contributed by atoms with Crippen molar-refractivity contribution in [2.75, 3.05) is 13.1 Å². The monoisotopic (exact) mass is 158 g/mol. The van der Waals surface area contributed by atoms with Crippen molar-refractivity contribution in [1.82, 2.24) is 0 Å². The summed E-state index contributed by atoms with van der Waals surface area (Å²) in [6.07, 6.45) is 0.446. The maximum atomic E-state index is 5.50. The molecule has 1 rings (SSSR count). The minimum Gasteiger partial charge on any atom is -0.369 e. The molecule has 0 unspecified atom stereocenters. The van der Waals surface area contributed by atoms with Gasteiger partial charge in [-0.25, -0.2) is 0 Å². The predicted molar refractivity (Wildman–Crippen MR) is 43.4 cm³/mol. The molecule has 1 saturated heterocycles. The van der Waals surface area contributed by atoms with Gasteiger partial charge in [0, 0.05) is 0 Å². The van der Waals surface area contributed by atoms with Crippen molar-refractivity contribution in [2.24, 2.45) is 11.5 Å². The highest BCUT2D eigenvalue weighted by Gasteiger charge is 2.21. The van der Waals surface area contributed by atoms with E-state index in [0.29, 0.717) is 5.96 Å².